The molecule has 1 amide bonds. The number of aryl methyl sites for hydroxylation is 1. The molecule has 1 aromatic heterocycles. The minimum Gasteiger partial charge on any atom is -0.354 e. The predicted octanol–water partition coefficient (Wildman–Crippen LogP) is 1.25. The highest BCUT2D eigenvalue weighted by molar-refractivity contribution is 5.92. The summed E-state index contributed by atoms with van der Waals surface area (Å²) >= 11 is 0. The van der Waals surface area contributed by atoms with Gasteiger partial charge in [0.1, 0.15) is 5.69 Å². The maximum Gasteiger partial charge on any atom is 0.269 e. The predicted molar refractivity (Wildman–Crippen MR) is 49.1 cm³/mol. The number of rotatable bonds is 2. The van der Waals surface area contributed by atoms with Crippen LogP contribution in [-0.4, -0.2) is 17.9 Å². The van der Waals surface area contributed by atoms with Gasteiger partial charge in [0, 0.05) is 14.7 Å². The molecule has 0 radical (unpaired) electrons. The Bertz CT molecular complexity index is 289. The van der Waals surface area contributed by atoms with E-state index >= 15 is 0 Å². The lowest BCUT2D eigenvalue weighted by molar-refractivity contribution is 0.0958. The smallest absolute Gasteiger partial charge is 0.269 e. The van der Waals surface area contributed by atoms with Crippen LogP contribution in [0.2, 0.25) is 0 Å². The fourth-order valence-corrected chi connectivity index (χ4v) is 0.946. The van der Waals surface area contributed by atoms with E-state index in [-0.39, 0.29) is 7.33 Å². The van der Waals surface area contributed by atoms with Gasteiger partial charge in [0.2, 0.25) is 0 Å². The minimum atomic E-state index is -0.134. The molecule has 12 heavy (non-hydrogen) atoms. The van der Waals surface area contributed by atoms with Crippen molar-refractivity contribution < 1.29 is 6.22 Å². The largest absolute Gasteiger partial charge is 0.354 e. The van der Waals surface area contributed by atoms with E-state index in [0.29, 0.717) is 5.69 Å². The third kappa shape index (κ3) is 1.81. The number of hydrogen-bond donors (Lipinski definition) is 1. The number of hydrogen-bond acceptors (Lipinski definition) is 2. The third-order valence-electron chi connectivity index (χ3n) is 1.69. The van der Waals surface area contributed by atoms with Gasteiger partial charge in [0.25, 0.3) is 5.91 Å². The summed E-state index contributed by atoms with van der Waals surface area (Å²) in [6, 6.07) is 3.71. The van der Waals surface area contributed by atoms with Crippen LogP contribution in [0.25, 0.3) is 0 Å². The van der Waals surface area contributed by atoms with Gasteiger partial charge < -0.3 is 5.32 Å². The van der Waals surface area contributed by atoms with Crippen LogP contribution >= 0.6 is 0 Å². The van der Waals surface area contributed by atoms with Gasteiger partial charge in [-0.3, -0.25) is 9.78 Å². The number of amides is 1. The zero-order chi connectivity index (χ0) is 8.97. The van der Waals surface area contributed by atoms with Crippen molar-refractivity contribution in [1.29, 1.82) is 0 Å². The third-order valence-corrected chi connectivity index (χ3v) is 1.69. The van der Waals surface area contributed by atoms with Crippen molar-refractivity contribution in [3.05, 3.63) is 29.6 Å². The van der Waals surface area contributed by atoms with Crippen LogP contribution in [0.5, 0.6) is 0 Å². The Hall–Kier alpha value is -1.38. The average molecular weight is 166 g/mol. The van der Waals surface area contributed by atoms with Crippen LogP contribution in [0.1, 0.15) is 24.4 Å². The molecular formula is C9H14N2O. The molecule has 0 aliphatic heterocycles. The summed E-state index contributed by atoms with van der Waals surface area (Å²) in [5, 5.41) is 2.53. The number of pyridine rings is 1. The highest BCUT2D eigenvalue weighted by Gasteiger charge is 2.03. The Morgan fingerprint density at radius 2 is 2.50 bits per heavy atom. The van der Waals surface area contributed by atoms with Gasteiger partial charge in [-0.25, -0.2) is 0 Å². The summed E-state index contributed by atoms with van der Waals surface area (Å²) in [6.45, 7) is 2.04. The normalized spacial score (nSPS) is 9.50. The molecule has 1 N–H and O–H groups in total. The first kappa shape index (κ1) is 8.71. The second-order valence-corrected chi connectivity index (χ2v) is 2.48. The molecule has 3 nitrogen and oxygen atoms in total. The zero-order valence-corrected chi connectivity index (χ0v) is 7.29. The van der Waals surface area contributed by atoms with E-state index in [9.17, 15) is 4.79 Å². The van der Waals surface area contributed by atoms with E-state index < -0.39 is 0 Å². The molecule has 1 rings (SSSR count). The first-order chi connectivity index (χ1) is 5.77. The van der Waals surface area contributed by atoms with Crippen molar-refractivity contribution in [3.63, 3.8) is 0 Å². The van der Waals surface area contributed by atoms with Crippen molar-refractivity contribution in [2.75, 3.05) is 7.05 Å². The van der Waals surface area contributed by atoms with Crippen molar-refractivity contribution >= 4 is 5.91 Å². The maximum atomic E-state index is 11.1. The monoisotopic (exact) mass is 166 g/mol. The second kappa shape index (κ2) is 3.85. The zero-order valence-electron chi connectivity index (χ0n) is 7.29. The minimum absolute atomic E-state index is 0. The number of carbonyl (C=O) groups is 1. The first-order valence-electron chi connectivity index (χ1n) is 3.95. The summed E-state index contributed by atoms with van der Waals surface area (Å²) in [4.78, 5) is 15.1. The average Bonchev–Trinajstić information content (AvgIpc) is 2.17. The van der Waals surface area contributed by atoms with E-state index in [0.717, 1.165) is 12.0 Å². The summed E-state index contributed by atoms with van der Waals surface area (Å²) in [6.07, 6.45) is 2.58. The molecule has 0 unspecified atom stereocenters. The Labute approximate surface area is 73.3 Å². The Kier molecular flexibility index (Phi) is 2.80. The molecule has 3 heteroatoms. The highest BCUT2D eigenvalue weighted by atomic mass is 16.1. The molecule has 0 aliphatic rings. The van der Waals surface area contributed by atoms with Crippen molar-refractivity contribution in [2.24, 2.45) is 0 Å². The second-order valence-electron chi connectivity index (χ2n) is 2.48. The fraction of sp³-hybridized carbons (Fsp3) is 0.333. The summed E-state index contributed by atoms with van der Waals surface area (Å²) < 4.78 is 0. The summed E-state index contributed by atoms with van der Waals surface area (Å²) in [5.41, 5.74) is 1.61. The Morgan fingerprint density at radius 3 is 3.08 bits per heavy atom. The standard InChI is InChI=1S/C9H12N2O.H2/c1-3-7-4-5-11-8(6-7)9(12)10-2;/h4-6H,3H2,1-2H3,(H,10,12);1H. The lowest BCUT2D eigenvalue weighted by Crippen LogP contribution is -2.19. The van der Waals surface area contributed by atoms with Gasteiger partial charge in [-0.2, -0.15) is 0 Å². The van der Waals surface area contributed by atoms with Crippen LogP contribution in [0.4, 0.5) is 0 Å². The SMILES string of the molecule is CCc1ccnc(C(=O)NC)c1.[HH]. The molecule has 66 valence electrons. The van der Waals surface area contributed by atoms with Crippen LogP contribution < -0.4 is 5.32 Å². The van der Waals surface area contributed by atoms with Gasteiger partial charge in [0.05, 0.1) is 0 Å². The number of aromatic nitrogens is 1. The quantitative estimate of drug-likeness (QED) is 0.718. The summed E-state index contributed by atoms with van der Waals surface area (Å²) in [5.74, 6) is -0.134. The molecule has 1 heterocycles. The lowest BCUT2D eigenvalue weighted by atomic mass is 10.2. The van der Waals surface area contributed by atoms with E-state index in [1.165, 1.54) is 0 Å². The van der Waals surface area contributed by atoms with Gasteiger partial charge in [0.15, 0.2) is 0 Å². The van der Waals surface area contributed by atoms with Gasteiger partial charge in [-0.15, -0.1) is 0 Å². The van der Waals surface area contributed by atoms with Crippen LogP contribution in [0, 0.1) is 0 Å². The van der Waals surface area contributed by atoms with Gasteiger partial charge in [-0.1, -0.05) is 6.92 Å². The molecule has 0 aromatic carbocycles. The van der Waals surface area contributed by atoms with E-state index in [1.807, 2.05) is 13.0 Å². The van der Waals surface area contributed by atoms with E-state index in [1.54, 1.807) is 19.3 Å². The van der Waals surface area contributed by atoms with E-state index in [2.05, 4.69) is 10.3 Å². The lowest BCUT2D eigenvalue weighted by Gasteiger charge is -2.00. The van der Waals surface area contributed by atoms with E-state index in [4.69, 9.17) is 0 Å². The molecule has 0 bridgehead atoms. The Balaban J connectivity index is 0.00000144. The molecule has 0 aliphatic carbocycles. The molecular weight excluding hydrogens is 152 g/mol. The Morgan fingerprint density at radius 1 is 1.75 bits per heavy atom. The fourth-order valence-electron chi connectivity index (χ4n) is 0.946. The molecule has 1 aromatic rings. The molecule has 0 saturated carbocycles. The first-order valence-corrected chi connectivity index (χ1v) is 3.95. The van der Waals surface area contributed by atoms with Crippen LogP contribution in [0.15, 0.2) is 18.3 Å². The summed E-state index contributed by atoms with van der Waals surface area (Å²) in [7, 11) is 1.60. The topological polar surface area (TPSA) is 42.0 Å². The van der Waals surface area contributed by atoms with Gasteiger partial charge in [-0.05, 0) is 24.1 Å². The van der Waals surface area contributed by atoms with Crippen LogP contribution in [0.3, 0.4) is 0 Å². The number of nitrogens with zero attached hydrogens (tertiary/aromatic N) is 1. The molecule has 0 spiro atoms. The van der Waals surface area contributed by atoms with Gasteiger partial charge >= 0.3 is 0 Å². The number of carbonyl (C=O) groups excluding carboxylic acids is 1. The molecule has 0 saturated heterocycles. The van der Waals surface area contributed by atoms with Crippen molar-refractivity contribution in [1.82, 2.24) is 10.3 Å². The maximum absolute atomic E-state index is 11.1. The van der Waals surface area contributed by atoms with Crippen molar-refractivity contribution in [3.8, 4) is 0 Å². The van der Waals surface area contributed by atoms with Crippen LogP contribution in [-0.2, 0) is 6.42 Å². The highest BCUT2D eigenvalue weighted by Crippen LogP contribution is 2.01. The molecule has 0 fully saturated rings. The molecule has 0 atom stereocenters. The number of nitrogens with one attached hydrogen (secondary N) is 1. The van der Waals surface area contributed by atoms with Crippen molar-refractivity contribution in [2.45, 2.75) is 13.3 Å².